The molecule has 1 aliphatic carbocycles. The Bertz CT molecular complexity index is 190. The summed E-state index contributed by atoms with van der Waals surface area (Å²) < 4.78 is 0. The highest BCUT2D eigenvalue weighted by Crippen LogP contribution is 2.28. The molecule has 1 aliphatic rings. The van der Waals surface area contributed by atoms with Gasteiger partial charge in [-0.15, -0.1) is 0 Å². The maximum atomic E-state index is 2.48. The average Bonchev–Trinajstić information content (AvgIpc) is 2.47. The topological polar surface area (TPSA) is 0 Å². The summed E-state index contributed by atoms with van der Waals surface area (Å²) in [6, 6.07) is 0. The molecule has 0 bridgehead atoms. The molecule has 20 heavy (non-hydrogen) atoms. The standard InChI is InChI=1S/C20H40/c1-3-4-5-6-7-8-10-14-19(2)15-13-18-20-16-11-9-12-17-20/h19-20H,3-18H2,1-2H3. The lowest BCUT2D eigenvalue weighted by Crippen LogP contribution is -2.06. The van der Waals surface area contributed by atoms with Gasteiger partial charge in [-0.3, -0.25) is 0 Å². The first-order valence-electron chi connectivity index (χ1n) is 9.83. The Morgan fingerprint density at radius 2 is 1.35 bits per heavy atom. The first-order chi connectivity index (χ1) is 9.83. The molecule has 0 spiro atoms. The Morgan fingerprint density at radius 1 is 0.750 bits per heavy atom. The minimum Gasteiger partial charge on any atom is -0.0654 e. The van der Waals surface area contributed by atoms with E-state index in [9.17, 15) is 0 Å². The van der Waals surface area contributed by atoms with Gasteiger partial charge in [0, 0.05) is 0 Å². The Balaban J connectivity index is 1.83. The van der Waals surface area contributed by atoms with Crippen molar-refractivity contribution >= 4 is 0 Å². The van der Waals surface area contributed by atoms with Gasteiger partial charge in [-0.25, -0.2) is 0 Å². The molecule has 0 aromatic rings. The van der Waals surface area contributed by atoms with Gasteiger partial charge in [-0.1, -0.05) is 117 Å². The van der Waals surface area contributed by atoms with Crippen LogP contribution < -0.4 is 0 Å². The largest absolute Gasteiger partial charge is 0.0654 e. The lowest BCUT2D eigenvalue weighted by molar-refractivity contribution is 0.317. The fraction of sp³-hybridized carbons (Fsp3) is 1.00. The van der Waals surface area contributed by atoms with Crippen LogP contribution in [0.3, 0.4) is 0 Å². The summed E-state index contributed by atoms with van der Waals surface area (Å²) in [6.45, 7) is 4.78. The second-order valence-electron chi connectivity index (χ2n) is 7.45. The van der Waals surface area contributed by atoms with Crippen LogP contribution in [0, 0.1) is 11.8 Å². The summed E-state index contributed by atoms with van der Waals surface area (Å²) in [7, 11) is 0. The van der Waals surface area contributed by atoms with Gasteiger partial charge < -0.3 is 0 Å². The van der Waals surface area contributed by atoms with Crippen molar-refractivity contribution in [1.82, 2.24) is 0 Å². The molecular formula is C20H40. The molecule has 0 heteroatoms. The van der Waals surface area contributed by atoms with Crippen molar-refractivity contribution in [2.75, 3.05) is 0 Å². The van der Waals surface area contributed by atoms with E-state index in [4.69, 9.17) is 0 Å². The summed E-state index contributed by atoms with van der Waals surface area (Å²) in [4.78, 5) is 0. The maximum absolute atomic E-state index is 2.48. The van der Waals surface area contributed by atoms with Crippen molar-refractivity contribution < 1.29 is 0 Å². The summed E-state index contributed by atoms with van der Waals surface area (Å²) in [6.07, 6.45) is 23.8. The van der Waals surface area contributed by atoms with Crippen LogP contribution >= 0.6 is 0 Å². The van der Waals surface area contributed by atoms with Gasteiger partial charge in [0.2, 0.25) is 0 Å². The lowest BCUT2D eigenvalue weighted by Gasteiger charge is -2.22. The van der Waals surface area contributed by atoms with Gasteiger partial charge in [0.25, 0.3) is 0 Å². The summed E-state index contributed by atoms with van der Waals surface area (Å²) in [5.41, 5.74) is 0. The number of hydrogen-bond acceptors (Lipinski definition) is 0. The highest BCUT2D eigenvalue weighted by atomic mass is 14.2. The Morgan fingerprint density at radius 3 is 2.05 bits per heavy atom. The molecular weight excluding hydrogens is 240 g/mol. The summed E-state index contributed by atoms with van der Waals surface area (Å²) in [5, 5.41) is 0. The third-order valence-electron chi connectivity index (χ3n) is 5.33. The van der Waals surface area contributed by atoms with Crippen LogP contribution in [0.5, 0.6) is 0 Å². The van der Waals surface area contributed by atoms with E-state index < -0.39 is 0 Å². The van der Waals surface area contributed by atoms with Gasteiger partial charge in [0.15, 0.2) is 0 Å². The minimum absolute atomic E-state index is 0.981. The van der Waals surface area contributed by atoms with E-state index in [2.05, 4.69) is 13.8 Å². The molecule has 0 aromatic carbocycles. The van der Waals surface area contributed by atoms with Gasteiger partial charge in [0.1, 0.15) is 0 Å². The lowest BCUT2D eigenvalue weighted by atomic mass is 9.84. The van der Waals surface area contributed by atoms with E-state index >= 15 is 0 Å². The number of unbranched alkanes of at least 4 members (excludes halogenated alkanes) is 6. The average molecular weight is 281 g/mol. The molecule has 0 nitrogen and oxygen atoms in total. The van der Waals surface area contributed by atoms with E-state index in [1.165, 1.54) is 103 Å². The Hall–Kier alpha value is 0. The highest BCUT2D eigenvalue weighted by molar-refractivity contribution is 4.66. The molecule has 0 aromatic heterocycles. The third-order valence-corrected chi connectivity index (χ3v) is 5.33. The summed E-state index contributed by atoms with van der Waals surface area (Å²) in [5.74, 6) is 2.07. The quantitative estimate of drug-likeness (QED) is 0.324. The minimum atomic E-state index is 0.981. The SMILES string of the molecule is CCCCCCCCCC(C)CCCC1CCCCC1. The van der Waals surface area contributed by atoms with Crippen LogP contribution in [-0.2, 0) is 0 Å². The molecule has 1 saturated carbocycles. The molecule has 1 fully saturated rings. The molecule has 0 amide bonds. The van der Waals surface area contributed by atoms with Crippen molar-refractivity contribution in [2.45, 2.75) is 117 Å². The molecule has 0 aliphatic heterocycles. The first-order valence-corrected chi connectivity index (χ1v) is 9.83. The molecule has 1 atom stereocenters. The predicted molar refractivity (Wildman–Crippen MR) is 92.2 cm³/mol. The molecule has 0 saturated heterocycles. The van der Waals surface area contributed by atoms with Crippen LogP contribution in [-0.4, -0.2) is 0 Å². The molecule has 0 N–H and O–H groups in total. The van der Waals surface area contributed by atoms with Crippen LogP contribution in [0.2, 0.25) is 0 Å². The molecule has 1 unspecified atom stereocenters. The van der Waals surface area contributed by atoms with E-state index in [0.29, 0.717) is 0 Å². The zero-order valence-electron chi connectivity index (χ0n) is 14.5. The van der Waals surface area contributed by atoms with Crippen LogP contribution in [0.25, 0.3) is 0 Å². The molecule has 0 heterocycles. The zero-order chi connectivity index (χ0) is 14.5. The Kier molecular flexibility index (Phi) is 11.5. The smallest absolute Gasteiger partial charge is 0.0414 e. The monoisotopic (exact) mass is 280 g/mol. The predicted octanol–water partition coefficient (Wildman–Crippen LogP) is 7.51. The van der Waals surface area contributed by atoms with Gasteiger partial charge >= 0.3 is 0 Å². The fourth-order valence-electron chi connectivity index (χ4n) is 3.83. The van der Waals surface area contributed by atoms with Crippen molar-refractivity contribution in [3.05, 3.63) is 0 Å². The van der Waals surface area contributed by atoms with E-state index in [0.717, 1.165) is 11.8 Å². The van der Waals surface area contributed by atoms with Crippen molar-refractivity contribution in [3.63, 3.8) is 0 Å². The van der Waals surface area contributed by atoms with Crippen molar-refractivity contribution in [2.24, 2.45) is 11.8 Å². The van der Waals surface area contributed by atoms with Gasteiger partial charge in [0.05, 0.1) is 0 Å². The van der Waals surface area contributed by atoms with E-state index in [-0.39, 0.29) is 0 Å². The van der Waals surface area contributed by atoms with Crippen LogP contribution in [0.4, 0.5) is 0 Å². The molecule has 1 rings (SSSR count). The van der Waals surface area contributed by atoms with Crippen LogP contribution in [0.1, 0.15) is 117 Å². The van der Waals surface area contributed by atoms with Gasteiger partial charge in [-0.05, 0) is 11.8 Å². The molecule has 120 valence electrons. The maximum Gasteiger partial charge on any atom is -0.0414 e. The van der Waals surface area contributed by atoms with Crippen molar-refractivity contribution in [3.8, 4) is 0 Å². The summed E-state index contributed by atoms with van der Waals surface area (Å²) >= 11 is 0. The van der Waals surface area contributed by atoms with E-state index in [1.54, 1.807) is 0 Å². The third kappa shape index (κ3) is 9.83. The van der Waals surface area contributed by atoms with Gasteiger partial charge in [-0.2, -0.15) is 0 Å². The number of rotatable bonds is 12. The molecule has 0 radical (unpaired) electrons. The fourth-order valence-corrected chi connectivity index (χ4v) is 3.83. The highest BCUT2D eigenvalue weighted by Gasteiger charge is 2.13. The first kappa shape index (κ1) is 18.1. The number of hydrogen-bond donors (Lipinski definition) is 0. The van der Waals surface area contributed by atoms with Crippen molar-refractivity contribution in [1.29, 1.82) is 0 Å². The Labute approximate surface area is 129 Å². The zero-order valence-corrected chi connectivity index (χ0v) is 14.5. The normalized spacial score (nSPS) is 18.3. The van der Waals surface area contributed by atoms with Crippen LogP contribution in [0.15, 0.2) is 0 Å². The second kappa shape index (κ2) is 12.7. The second-order valence-corrected chi connectivity index (χ2v) is 7.45. The van der Waals surface area contributed by atoms with E-state index in [1.807, 2.05) is 0 Å².